The van der Waals surface area contributed by atoms with E-state index in [1.54, 1.807) is 0 Å². The molecular formula is C49H92O12S. The number of allylic oxidation sites excluding steroid dienone is 2. The lowest BCUT2D eigenvalue weighted by Gasteiger charge is -2.40. The monoisotopic (exact) mass is 905 g/mol. The van der Waals surface area contributed by atoms with E-state index in [-0.39, 0.29) is 19.4 Å². The van der Waals surface area contributed by atoms with Crippen LogP contribution in [0.15, 0.2) is 12.2 Å². The van der Waals surface area contributed by atoms with Crippen LogP contribution in [0.5, 0.6) is 0 Å². The molecule has 0 amide bonds. The summed E-state index contributed by atoms with van der Waals surface area (Å²) in [7, 11) is -4.60. The van der Waals surface area contributed by atoms with E-state index in [0.717, 1.165) is 32.1 Å². The van der Waals surface area contributed by atoms with Crippen molar-refractivity contribution in [3.63, 3.8) is 0 Å². The molecule has 0 aromatic heterocycles. The minimum atomic E-state index is -4.60. The minimum absolute atomic E-state index is 0.164. The van der Waals surface area contributed by atoms with Gasteiger partial charge >= 0.3 is 11.9 Å². The molecule has 1 fully saturated rings. The Labute approximate surface area is 377 Å². The molecule has 366 valence electrons. The minimum Gasteiger partial charge on any atom is -0.462 e. The topological polar surface area (TPSA) is 186 Å². The van der Waals surface area contributed by atoms with Crippen molar-refractivity contribution in [3.05, 3.63) is 12.2 Å². The predicted molar refractivity (Wildman–Crippen MR) is 247 cm³/mol. The van der Waals surface area contributed by atoms with E-state index in [2.05, 4.69) is 26.0 Å². The third kappa shape index (κ3) is 33.8. The molecule has 0 aliphatic carbocycles. The number of hydrogen-bond donors (Lipinski definition) is 4. The zero-order valence-corrected chi connectivity index (χ0v) is 40.1. The summed E-state index contributed by atoms with van der Waals surface area (Å²) in [6, 6.07) is 0. The van der Waals surface area contributed by atoms with Crippen LogP contribution < -0.4 is 0 Å². The van der Waals surface area contributed by atoms with Gasteiger partial charge in [-0.25, -0.2) is 0 Å². The number of aliphatic hydroxyl groups excluding tert-OH is 3. The van der Waals surface area contributed by atoms with Crippen LogP contribution in [0, 0.1) is 0 Å². The van der Waals surface area contributed by atoms with Crippen LogP contribution >= 0.6 is 0 Å². The first-order valence-corrected chi connectivity index (χ1v) is 26.9. The summed E-state index contributed by atoms with van der Waals surface area (Å²) >= 11 is 0. The van der Waals surface area contributed by atoms with Crippen LogP contribution in [0.3, 0.4) is 0 Å². The maximum atomic E-state index is 12.8. The van der Waals surface area contributed by atoms with Gasteiger partial charge in [-0.2, -0.15) is 8.42 Å². The van der Waals surface area contributed by atoms with Crippen molar-refractivity contribution in [1.82, 2.24) is 0 Å². The average molecular weight is 905 g/mol. The van der Waals surface area contributed by atoms with Crippen LogP contribution in [0.2, 0.25) is 0 Å². The molecular weight excluding hydrogens is 813 g/mol. The summed E-state index contributed by atoms with van der Waals surface area (Å²) in [4.78, 5) is 25.4. The molecule has 0 saturated carbocycles. The molecule has 62 heavy (non-hydrogen) atoms. The number of hydrogen-bond acceptors (Lipinski definition) is 11. The highest BCUT2D eigenvalue weighted by Gasteiger charge is 2.46. The first-order chi connectivity index (χ1) is 30.0. The molecule has 6 atom stereocenters. The second kappa shape index (κ2) is 39.7. The van der Waals surface area contributed by atoms with Gasteiger partial charge in [-0.05, 0) is 32.1 Å². The Bertz CT molecular complexity index is 1200. The fraction of sp³-hybridized carbons (Fsp3) is 0.918. The van der Waals surface area contributed by atoms with Crippen molar-refractivity contribution in [3.8, 4) is 0 Å². The van der Waals surface area contributed by atoms with Gasteiger partial charge in [0.25, 0.3) is 10.1 Å². The molecule has 0 bridgehead atoms. The van der Waals surface area contributed by atoms with Gasteiger partial charge in [0.15, 0.2) is 12.4 Å². The Kier molecular flexibility index (Phi) is 37.4. The van der Waals surface area contributed by atoms with E-state index in [9.17, 15) is 37.9 Å². The molecule has 0 aromatic carbocycles. The summed E-state index contributed by atoms with van der Waals surface area (Å²) in [5, 5.41) is 30.9. The van der Waals surface area contributed by atoms with E-state index < -0.39 is 71.2 Å². The Morgan fingerprint density at radius 3 is 1.39 bits per heavy atom. The van der Waals surface area contributed by atoms with Gasteiger partial charge in [-0.15, -0.1) is 0 Å². The lowest BCUT2D eigenvalue weighted by atomic mass is 10.00. The molecule has 2 unspecified atom stereocenters. The lowest BCUT2D eigenvalue weighted by Crippen LogP contribution is -2.60. The highest BCUT2D eigenvalue weighted by molar-refractivity contribution is 7.85. The van der Waals surface area contributed by atoms with E-state index >= 15 is 0 Å². The number of ether oxygens (including phenoxy) is 4. The number of aliphatic hydroxyl groups is 3. The number of carbonyl (C=O) groups excluding carboxylic acids is 2. The summed E-state index contributed by atoms with van der Waals surface area (Å²) in [5.41, 5.74) is 0. The van der Waals surface area contributed by atoms with Crippen LogP contribution in [0.4, 0.5) is 0 Å². The van der Waals surface area contributed by atoms with Crippen LogP contribution in [0.25, 0.3) is 0 Å². The van der Waals surface area contributed by atoms with E-state index in [0.29, 0.717) is 12.8 Å². The number of rotatable bonds is 43. The van der Waals surface area contributed by atoms with Gasteiger partial charge in [0.2, 0.25) is 0 Å². The molecule has 1 saturated heterocycles. The number of esters is 2. The normalized spacial score (nSPS) is 19.9. The van der Waals surface area contributed by atoms with Crippen molar-refractivity contribution in [2.24, 2.45) is 0 Å². The molecule has 1 aliphatic heterocycles. The fourth-order valence-corrected chi connectivity index (χ4v) is 8.61. The highest BCUT2D eigenvalue weighted by atomic mass is 32.2. The molecule has 1 aliphatic rings. The molecule has 1 heterocycles. The predicted octanol–water partition coefficient (Wildman–Crippen LogP) is 11.0. The smallest absolute Gasteiger partial charge is 0.306 e. The molecule has 0 spiro atoms. The Morgan fingerprint density at radius 2 is 0.935 bits per heavy atom. The Hall–Kier alpha value is -1.61. The first-order valence-electron chi connectivity index (χ1n) is 25.2. The van der Waals surface area contributed by atoms with Crippen molar-refractivity contribution >= 4 is 22.1 Å². The van der Waals surface area contributed by atoms with E-state index in [1.165, 1.54) is 161 Å². The zero-order valence-electron chi connectivity index (χ0n) is 39.2. The second-order valence-corrected chi connectivity index (χ2v) is 19.3. The largest absolute Gasteiger partial charge is 0.462 e. The van der Waals surface area contributed by atoms with Crippen LogP contribution in [-0.4, -0.2) is 96.0 Å². The molecule has 4 N–H and O–H groups in total. The number of unbranched alkanes of at least 4 members (excludes halogenated alkanes) is 29. The lowest BCUT2D eigenvalue weighted by molar-refractivity contribution is -0.297. The van der Waals surface area contributed by atoms with Crippen molar-refractivity contribution < 1.29 is 56.8 Å². The van der Waals surface area contributed by atoms with Gasteiger partial charge in [0.1, 0.15) is 36.8 Å². The maximum absolute atomic E-state index is 12.8. The zero-order chi connectivity index (χ0) is 45.5. The van der Waals surface area contributed by atoms with Crippen LogP contribution in [0.1, 0.15) is 232 Å². The van der Waals surface area contributed by atoms with Gasteiger partial charge in [0, 0.05) is 12.8 Å². The fourth-order valence-electron chi connectivity index (χ4n) is 7.92. The molecule has 0 aromatic rings. The molecule has 1 rings (SSSR count). The Morgan fingerprint density at radius 1 is 0.532 bits per heavy atom. The SMILES string of the molecule is CCCCCCCCCCCCCCCCCCCC/C=C/CCCC(=O)OC[C@H](CO[C@H]1O[C@H](CS(=O)(=O)O)[C@@H](O)C(O)C1O)OC(=O)CCCCCCCCCCCCC. The van der Waals surface area contributed by atoms with Crippen molar-refractivity contribution in [2.75, 3.05) is 19.0 Å². The van der Waals surface area contributed by atoms with Gasteiger partial charge < -0.3 is 34.3 Å². The number of carbonyl (C=O) groups is 2. The van der Waals surface area contributed by atoms with E-state index in [1.807, 2.05) is 0 Å². The second-order valence-electron chi connectivity index (χ2n) is 17.8. The third-order valence-corrected chi connectivity index (χ3v) is 12.6. The summed E-state index contributed by atoms with van der Waals surface area (Å²) in [6.07, 6.45) is 34.2. The van der Waals surface area contributed by atoms with Gasteiger partial charge in [-0.1, -0.05) is 199 Å². The Balaban J connectivity index is 2.32. The van der Waals surface area contributed by atoms with Crippen molar-refractivity contribution in [1.29, 1.82) is 0 Å². The summed E-state index contributed by atoms with van der Waals surface area (Å²) in [6.45, 7) is 3.75. The van der Waals surface area contributed by atoms with E-state index in [4.69, 9.17) is 18.9 Å². The first kappa shape index (κ1) is 58.4. The van der Waals surface area contributed by atoms with Gasteiger partial charge in [0.05, 0.1) is 6.61 Å². The molecule has 0 radical (unpaired) electrons. The van der Waals surface area contributed by atoms with Gasteiger partial charge in [-0.3, -0.25) is 14.1 Å². The third-order valence-electron chi connectivity index (χ3n) is 11.8. The average Bonchev–Trinajstić information content (AvgIpc) is 3.24. The molecule has 12 nitrogen and oxygen atoms in total. The van der Waals surface area contributed by atoms with Crippen LogP contribution in [-0.2, 0) is 38.7 Å². The maximum Gasteiger partial charge on any atom is 0.306 e. The highest BCUT2D eigenvalue weighted by Crippen LogP contribution is 2.24. The quantitative estimate of drug-likeness (QED) is 0.0197. The van der Waals surface area contributed by atoms with Crippen molar-refractivity contribution in [2.45, 2.75) is 269 Å². The standard InChI is InChI=1S/C49H92O12S/c1-3-5-7-9-11-13-15-16-17-18-19-20-21-22-23-24-25-26-28-29-31-33-35-37-44(50)58-39-42(60-45(51)38-36-34-32-30-27-14-12-10-8-6-4-2)40-59-49-48(54)47(53)46(52)43(61-49)41-62(55,56)57/h29,31,42-43,46-49,52-54H,3-28,30,32-41H2,1-2H3,(H,55,56,57)/b31-29+/t42-,43-,46-,47?,48?,49+/m1/s1. The summed E-state index contributed by atoms with van der Waals surface area (Å²) < 4.78 is 54.1. The molecule has 13 heteroatoms. The summed E-state index contributed by atoms with van der Waals surface area (Å²) in [5.74, 6) is -2.01.